The number of nitrogens with one attached hydrogen (secondary N) is 2. The predicted molar refractivity (Wildman–Crippen MR) is 124 cm³/mol. The zero-order valence-electron chi connectivity index (χ0n) is 18.0. The highest BCUT2D eigenvalue weighted by molar-refractivity contribution is 7.15. The Morgan fingerprint density at radius 3 is 2.87 bits per heavy atom. The van der Waals surface area contributed by atoms with Gasteiger partial charge in [0.15, 0.2) is 5.13 Å². The molecule has 0 aliphatic carbocycles. The van der Waals surface area contributed by atoms with Crippen LogP contribution in [-0.4, -0.2) is 71.1 Å². The van der Waals surface area contributed by atoms with Crippen LogP contribution < -0.4 is 10.6 Å². The summed E-state index contributed by atoms with van der Waals surface area (Å²) in [7, 11) is 0. The van der Waals surface area contributed by atoms with E-state index in [1.807, 2.05) is 18.0 Å². The van der Waals surface area contributed by atoms with Crippen molar-refractivity contribution in [1.29, 1.82) is 0 Å². The molecule has 0 bridgehead atoms. The molecule has 2 aromatic rings. The van der Waals surface area contributed by atoms with E-state index in [1.54, 1.807) is 11.3 Å². The molecular weight excluding hydrogens is 412 g/mol. The summed E-state index contributed by atoms with van der Waals surface area (Å²) in [6.45, 7) is 11.3. The van der Waals surface area contributed by atoms with Gasteiger partial charge in [-0.25, -0.2) is 9.97 Å². The molecule has 0 aromatic carbocycles. The number of aryl methyl sites for hydroxylation is 1. The van der Waals surface area contributed by atoms with E-state index in [9.17, 15) is 4.79 Å². The molecule has 0 saturated carbocycles. The Hall–Kier alpha value is -2.49. The average molecular weight is 443 g/mol. The Bertz CT molecular complexity index is 911. The van der Waals surface area contributed by atoms with Gasteiger partial charge in [-0.1, -0.05) is 6.58 Å². The smallest absolute Gasteiger partial charge is 0.246 e. The van der Waals surface area contributed by atoms with Crippen molar-refractivity contribution in [2.75, 3.05) is 50.0 Å². The fraction of sp³-hybridized carbons (Fsp3) is 0.500. The third kappa shape index (κ3) is 6.03. The largest absolute Gasteiger partial charge is 0.379 e. The lowest BCUT2D eigenvalue weighted by atomic mass is 10.1. The average Bonchev–Trinajstić information content (AvgIpc) is 3.18. The fourth-order valence-corrected chi connectivity index (χ4v) is 4.66. The molecule has 0 unspecified atom stereocenters. The van der Waals surface area contributed by atoms with E-state index in [1.165, 1.54) is 11.6 Å². The summed E-state index contributed by atoms with van der Waals surface area (Å²) < 4.78 is 5.48. The van der Waals surface area contributed by atoms with Gasteiger partial charge >= 0.3 is 0 Å². The molecule has 2 aliphatic heterocycles. The Labute approximate surface area is 187 Å². The topological polar surface area (TPSA) is 82.6 Å². The van der Waals surface area contributed by atoms with E-state index < -0.39 is 0 Å². The van der Waals surface area contributed by atoms with Gasteiger partial charge in [-0.2, -0.15) is 0 Å². The van der Waals surface area contributed by atoms with Gasteiger partial charge in [-0.05, 0) is 43.5 Å². The normalized spacial score (nSPS) is 19.8. The molecule has 2 N–H and O–H groups in total. The Balaban J connectivity index is 1.51. The fourth-order valence-electron chi connectivity index (χ4n) is 3.99. The number of nitrogens with zero attached hydrogens (tertiary/aromatic N) is 4. The predicted octanol–water partition coefficient (Wildman–Crippen LogP) is 3.01. The van der Waals surface area contributed by atoms with Crippen LogP contribution in [0.1, 0.15) is 23.3 Å². The number of hydrogen-bond donors (Lipinski definition) is 2. The number of ether oxygens (including phenoxy) is 1. The number of thiazole rings is 1. The van der Waals surface area contributed by atoms with Crippen molar-refractivity contribution in [3.63, 3.8) is 0 Å². The van der Waals surface area contributed by atoms with Crippen LogP contribution in [0.3, 0.4) is 0 Å². The van der Waals surface area contributed by atoms with Crippen LogP contribution >= 0.6 is 11.3 Å². The van der Waals surface area contributed by atoms with Crippen LogP contribution in [0, 0.1) is 6.92 Å². The lowest BCUT2D eigenvalue weighted by Crippen LogP contribution is -2.44. The minimum Gasteiger partial charge on any atom is -0.379 e. The molecule has 8 nitrogen and oxygen atoms in total. The minimum atomic E-state index is -0.0120. The molecule has 0 radical (unpaired) electrons. The summed E-state index contributed by atoms with van der Waals surface area (Å²) in [6, 6.07) is 4.37. The van der Waals surface area contributed by atoms with E-state index in [-0.39, 0.29) is 11.9 Å². The monoisotopic (exact) mass is 442 g/mol. The van der Waals surface area contributed by atoms with E-state index in [2.05, 4.69) is 39.2 Å². The molecule has 31 heavy (non-hydrogen) atoms. The van der Waals surface area contributed by atoms with Crippen LogP contribution in [0.25, 0.3) is 0 Å². The molecule has 1 atom stereocenters. The van der Waals surface area contributed by atoms with Crippen molar-refractivity contribution < 1.29 is 9.53 Å². The number of amides is 1. The lowest BCUT2D eigenvalue weighted by molar-refractivity contribution is -0.127. The number of hydrogen-bond acceptors (Lipinski definition) is 8. The van der Waals surface area contributed by atoms with Crippen molar-refractivity contribution in [2.24, 2.45) is 0 Å². The number of carbonyl (C=O) groups excluding carboxylic acids is 1. The first-order valence-electron chi connectivity index (χ1n) is 10.8. The number of likely N-dealkylation sites (tertiary alicyclic amines) is 1. The first-order valence-corrected chi connectivity index (χ1v) is 11.6. The van der Waals surface area contributed by atoms with Crippen LogP contribution in [0.15, 0.2) is 31.0 Å². The van der Waals surface area contributed by atoms with Crippen LogP contribution in [-0.2, 0) is 16.1 Å². The van der Waals surface area contributed by atoms with Gasteiger partial charge in [-0.15, -0.1) is 11.3 Å². The molecule has 2 saturated heterocycles. The van der Waals surface area contributed by atoms with Gasteiger partial charge in [0.25, 0.3) is 0 Å². The molecule has 2 fully saturated rings. The third-order valence-electron chi connectivity index (χ3n) is 5.51. The summed E-state index contributed by atoms with van der Waals surface area (Å²) >= 11 is 1.61. The molecule has 166 valence electrons. The Morgan fingerprint density at radius 1 is 1.32 bits per heavy atom. The Morgan fingerprint density at radius 2 is 2.13 bits per heavy atom. The second-order valence-electron chi connectivity index (χ2n) is 8.01. The quantitative estimate of drug-likeness (QED) is 0.638. The van der Waals surface area contributed by atoms with E-state index in [0.717, 1.165) is 73.9 Å². The summed E-state index contributed by atoms with van der Waals surface area (Å²) in [5, 5.41) is 7.74. The van der Waals surface area contributed by atoms with Crippen LogP contribution in [0.5, 0.6) is 0 Å². The second kappa shape index (κ2) is 10.2. The van der Waals surface area contributed by atoms with E-state index >= 15 is 0 Å². The molecule has 4 rings (SSSR count). The van der Waals surface area contributed by atoms with E-state index in [4.69, 9.17) is 9.72 Å². The third-order valence-corrected chi connectivity index (χ3v) is 6.34. The molecule has 4 heterocycles. The zero-order chi connectivity index (χ0) is 21.6. The van der Waals surface area contributed by atoms with Crippen molar-refractivity contribution in [3.05, 3.63) is 41.4 Å². The summed E-state index contributed by atoms with van der Waals surface area (Å²) in [5.41, 5.74) is 1.19. The minimum absolute atomic E-state index is 0.0120. The molecule has 1 amide bonds. The van der Waals surface area contributed by atoms with Crippen LogP contribution in [0.4, 0.5) is 16.8 Å². The molecule has 2 aliphatic rings. The molecule has 0 spiro atoms. The number of pyridine rings is 1. The first kappa shape index (κ1) is 21.7. The molecule has 9 heteroatoms. The lowest BCUT2D eigenvalue weighted by Gasteiger charge is -2.33. The van der Waals surface area contributed by atoms with Crippen LogP contribution in [0.2, 0.25) is 0 Å². The summed E-state index contributed by atoms with van der Waals surface area (Å²) in [4.78, 5) is 26.6. The number of anilines is 3. The number of rotatable bonds is 7. The number of piperidine rings is 1. The standard InChI is InChI=1S/C22H30N6O2S/c1-3-21(29)28-6-4-5-18(15-28)24-19-11-17(14-27-7-9-30-10-8-27)12-20(25-19)26-22-23-13-16(2)31-22/h3,11-13,18H,1,4-10,14-15H2,2H3,(H2,23,24,25,26)/t18-/m0/s1. The maximum atomic E-state index is 12.0. The van der Waals surface area contributed by atoms with Gasteiger partial charge in [0.1, 0.15) is 11.6 Å². The zero-order valence-corrected chi connectivity index (χ0v) is 18.8. The van der Waals surface area contributed by atoms with Crippen molar-refractivity contribution in [1.82, 2.24) is 19.8 Å². The van der Waals surface area contributed by atoms with E-state index in [0.29, 0.717) is 6.54 Å². The maximum Gasteiger partial charge on any atom is 0.246 e. The van der Waals surface area contributed by atoms with Gasteiger partial charge in [0.2, 0.25) is 5.91 Å². The summed E-state index contributed by atoms with van der Waals surface area (Å²) in [5.74, 6) is 1.58. The van der Waals surface area contributed by atoms with Crippen molar-refractivity contribution in [3.8, 4) is 0 Å². The Kier molecular flexibility index (Phi) is 7.16. The molecule has 2 aromatic heterocycles. The van der Waals surface area contributed by atoms with Crippen molar-refractivity contribution in [2.45, 2.75) is 32.4 Å². The van der Waals surface area contributed by atoms with Gasteiger partial charge in [0, 0.05) is 49.8 Å². The summed E-state index contributed by atoms with van der Waals surface area (Å²) in [6.07, 6.45) is 5.22. The second-order valence-corrected chi connectivity index (χ2v) is 9.24. The molecular formula is C22H30N6O2S. The highest BCUT2D eigenvalue weighted by atomic mass is 32.1. The SMILES string of the molecule is C=CC(=O)N1CCC[C@H](Nc2cc(CN3CCOCC3)cc(Nc3ncc(C)s3)n2)C1. The number of aromatic nitrogens is 2. The number of carbonyl (C=O) groups is 1. The van der Waals surface area contributed by atoms with Gasteiger partial charge in [-0.3, -0.25) is 9.69 Å². The highest BCUT2D eigenvalue weighted by Gasteiger charge is 2.23. The maximum absolute atomic E-state index is 12.0. The van der Waals surface area contributed by atoms with Crippen molar-refractivity contribution >= 4 is 34.0 Å². The van der Waals surface area contributed by atoms with Gasteiger partial charge in [0.05, 0.1) is 13.2 Å². The highest BCUT2D eigenvalue weighted by Crippen LogP contribution is 2.25. The number of morpholine rings is 1. The first-order chi connectivity index (χ1) is 15.1. The van der Waals surface area contributed by atoms with Gasteiger partial charge < -0.3 is 20.3 Å².